The van der Waals surface area contributed by atoms with Crippen LogP contribution in [0.4, 0.5) is 5.13 Å². The van der Waals surface area contributed by atoms with Crippen molar-refractivity contribution < 1.29 is 28.6 Å². The van der Waals surface area contributed by atoms with Crippen LogP contribution >= 0.6 is 11.3 Å². The molecule has 1 saturated heterocycles. The van der Waals surface area contributed by atoms with Gasteiger partial charge in [-0.05, 0) is 22.8 Å². The monoisotopic (exact) mass is 496 g/mol. The van der Waals surface area contributed by atoms with Crippen LogP contribution in [0.15, 0.2) is 48.7 Å². The molecule has 8 nitrogen and oxygen atoms in total. The first-order valence-electron chi connectivity index (χ1n) is 11.4. The molecule has 1 fully saturated rings. The van der Waals surface area contributed by atoms with Crippen molar-refractivity contribution in [2.24, 2.45) is 11.8 Å². The molecular formula is C26H28N2O6S. The van der Waals surface area contributed by atoms with Gasteiger partial charge in [0, 0.05) is 25.3 Å². The Labute approximate surface area is 207 Å². The van der Waals surface area contributed by atoms with Gasteiger partial charge in [0.05, 0.1) is 17.2 Å². The van der Waals surface area contributed by atoms with Gasteiger partial charge >= 0.3 is 11.9 Å². The van der Waals surface area contributed by atoms with Crippen molar-refractivity contribution in [1.29, 1.82) is 0 Å². The topological polar surface area (TPSA) is 104 Å². The highest BCUT2D eigenvalue weighted by Crippen LogP contribution is 2.34. The molecule has 1 aromatic heterocycles. The molecule has 0 aliphatic carbocycles. The minimum Gasteiger partial charge on any atom is -0.463 e. The van der Waals surface area contributed by atoms with E-state index in [1.165, 1.54) is 31.4 Å². The second kappa shape index (κ2) is 10.5. The molecule has 2 heterocycles. The van der Waals surface area contributed by atoms with Gasteiger partial charge in [-0.2, -0.15) is 0 Å². The van der Waals surface area contributed by atoms with Crippen LogP contribution in [-0.4, -0.2) is 47.7 Å². The van der Waals surface area contributed by atoms with Crippen molar-refractivity contribution in [3.63, 3.8) is 0 Å². The number of ketones is 1. The molecule has 3 aromatic rings. The second-order valence-corrected chi connectivity index (χ2v) is 9.79. The molecule has 0 spiro atoms. The third-order valence-corrected chi connectivity index (χ3v) is 7.24. The average molecular weight is 497 g/mol. The maximum Gasteiger partial charge on any atom is 0.303 e. The lowest BCUT2D eigenvalue weighted by Gasteiger charge is -2.43. The van der Waals surface area contributed by atoms with Crippen LogP contribution in [0.25, 0.3) is 10.8 Å². The van der Waals surface area contributed by atoms with E-state index < -0.39 is 30.4 Å². The Morgan fingerprint density at radius 3 is 2.49 bits per heavy atom. The van der Waals surface area contributed by atoms with Crippen LogP contribution in [0.1, 0.15) is 42.9 Å². The number of carbonyl (C=O) groups excluding carboxylic acids is 3. The molecule has 1 aliphatic heterocycles. The summed E-state index contributed by atoms with van der Waals surface area (Å²) >= 11 is 1.20. The number of aromatic nitrogens is 1. The Kier molecular flexibility index (Phi) is 7.47. The van der Waals surface area contributed by atoms with Crippen LogP contribution < -0.4 is 5.32 Å². The number of esters is 2. The lowest BCUT2D eigenvalue weighted by molar-refractivity contribution is -0.197. The zero-order chi connectivity index (χ0) is 25.1. The van der Waals surface area contributed by atoms with E-state index in [0.717, 1.165) is 10.8 Å². The standard InChI is InChI=1S/C26H28N2O6S/c1-14-15(2)24(33-17(4)30)25(34-21(14)13-32-16(3)29)28-26-27-12-22(35-26)23(31)20-10-9-18-7-5-6-8-19(18)11-20/h5-12,14-15,21,24-25H,13H2,1-4H3,(H,27,28)/t14-,15-,21?,24?,25-/m0/s1. The van der Waals surface area contributed by atoms with Gasteiger partial charge in [0.25, 0.3) is 0 Å². The van der Waals surface area contributed by atoms with Crippen molar-refractivity contribution in [1.82, 2.24) is 4.98 Å². The van der Waals surface area contributed by atoms with Crippen LogP contribution in [0.5, 0.6) is 0 Å². The van der Waals surface area contributed by atoms with Gasteiger partial charge in [-0.1, -0.05) is 61.6 Å². The molecular weight excluding hydrogens is 468 g/mol. The predicted molar refractivity (Wildman–Crippen MR) is 132 cm³/mol. The third kappa shape index (κ3) is 5.68. The molecule has 5 atom stereocenters. The van der Waals surface area contributed by atoms with E-state index in [1.807, 2.05) is 50.2 Å². The summed E-state index contributed by atoms with van der Waals surface area (Å²) in [6.45, 7) is 6.72. The zero-order valence-electron chi connectivity index (χ0n) is 20.0. The van der Waals surface area contributed by atoms with Crippen molar-refractivity contribution in [2.75, 3.05) is 11.9 Å². The minimum absolute atomic E-state index is 0.0295. The van der Waals surface area contributed by atoms with Crippen molar-refractivity contribution in [3.05, 3.63) is 59.1 Å². The number of fused-ring (bicyclic) bond motifs is 1. The quantitative estimate of drug-likeness (QED) is 0.378. The Morgan fingerprint density at radius 2 is 1.77 bits per heavy atom. The molecule has 0 amide bonds. The number of ether oxygens (including phenoxy) is 3. The van der Waals surface area contributed by atoms with E-state index in [4.69, 9.17) is 14.2 Å². The Hall–Kier alpha value is -3.30. The molecule has 4 rings (SSSR count). The summed E-state index contributed by atoms with van der Waals surface area (Å²) in [5.74, 6) is -1.05. The van der Waals surface area contributed by atoms with Crippen LogP contribution in [0, 0.1) is 11.8 Å². The van der Waals surface area contributed by atoms with Crippen LogP contribution in [0.2, 0.25) is 0 Å². The van der Waals surface area contributed by atoms with Gasteiger partial charge < -0.3 is 19.5 Å². The van der Waals surface area contributed by atoms with E-state index in [1.54, 1.807) is 6.07 Å². The number of thiazole rings is 1. The van der Waals surface area contributed by atoms with E-state index in [2.05, 4.69) is 10.3 Å². The van der Waals surface area contributed by atoms with Crippen molar-refractivity contribution in [3.8, 4) is 0 Å². The summed E-state index contributed by atoms with van der Waals surface area (Å²) in [7, 11) is 0. The molecule has 0 saturated carbocycles. The number of hydrogen-bond donors (Lipinski definition) is 1. The molecule has 0 radical (unpaired) electrons. The molecule has 1 N–H and O–H groups in total. The number of nitrogens with zero attached hydrogens (tertiary/aromatic N) is 1. The first kappa shape index (κ1) is 24.8. The molecule has 0 bridgehead atoms. The van der Waals surface area contributed by atoms with E-state index in [9.17, 15) is 14.4 Å². The van der Waals surface area contributed by atoms with E-state index in [0.29, 0.717) is 15.6 Å². The van der Waals surface area contributed by atoms with Crippen molar-refractivity contribution in [2.45, 2.75) is 46.1 Å². The van der Waals surface area contributed by atoms with Crippen LogP contribution in [-0.2, 0) is 23.8 Å². The van der Waals surface area contributed by atoms with Crippen LogP contribution in [0.3, 0.4) is 0 Å². The van der Waals surface area contributed by atoms with Gasteiger partial charge in [-0.3, -0.25) is 14.4 Å². The number of carbonyl (C=O) groups is 3. The van der Waals surface area contributed by atoms with E-state index in [-0.39, 0.29) is 24.2 Å². The maximum absolute atomic E-state index is 13.1. The van der Waals surface area contributed by atoms with E-state index >= 15 is 0 Å². The lowest BCUT2D eigenvalue weighted by atomic mass is 9.83. The molecule has 1 aliphatic rings. The largest absolute Gasteiger partial charge is 0.463 e. The summed E-state index contributed by atoms with van der Waals surface area (Å²) < 4.78 is 16.9. The molecule has 184 valence electrons. The Bertz CT molecular complexity index is 1240. The summed E-state index contributed by atoms with van der Waals surface area (Å²) in [6, 6.07) is 13.5. The Balaban J connectivity index is 1.52. The number of nitrogens with one attached hydrogen (secondary N) is 1. The molecule has 2 unspecified atom stereocenters. The number of hydrogen-bond acceptors (Lipinski definition) is 9. The summed E-state index contributed by atoms with van der Waals surface area (Å²) in [5.41, 5.74) is 0.578. The number of rotatable bonds is 7. The average Bonchev–Trinajstić information content (AvgIpc) is 3.30. The number of benzene rings is 2. The van der Waals surface area contributed by atoms with Gasteiger partial charge in [0.1, 0.15) is 12.7 Å². The highest BCUT2D eigenvalue weighted by Gasteiger charge is 2.44. The highest BCUT2D eigenvalue weighted by atomic mass is 32.1. The SMILES string of the molecule is CC(=O)OCC1O[C@H](Nc2ncc(C(=O)c3ccc4ccccc4c3)s2)C(OC(C)=O)[C@@H](C)[C@@H]1C. The number of anilines is 1. The predicted octanol–water partition coefficient (Wildman–Crippen LogP) is 4.43. The summed E-state index contributed by atoms with van der Waals surface area (Å²) in [4.78, 5) is 41.0. The lowest BCUT2D eigenvalue weighted by Crippen LogP contribution is -2.55. The summed E-state index contributed by atoms with van der Waals surface area (Å²) in [6.07, 6.45) is -0.173. The zero-order valence-corrected chi connectivity index (χ0v) is 20.8. The Morgan fingerprint density at radius 1 is 1.03 bits per heavy atom. The fraction of sp³-hybridized carbons (Fsp3) is 0.385. The second-order valence-electron chi connectivity index (χ2n) is 8.76. The maximum atomic E-state index is 13.1. The smallest absolute Gasteiger partial charge is 0.303 e. The molecule has 35 heavy (non-hydrogen) atoms. The minimum atomic E-state index is -0.722. The fourth-order valence-corrected chi connectivity index (χ4v) is 5.02. The van der Waals surface area contributed by atoms with Crippen molar-refractivity contribution >= 4 is 45.0 Å². The third-order valence-electron chi connectivity index (χ3n) is 6.31. The van der Waals surface area contributed by atoms with Gasteiger partial charge in [-0.25, -0.2) is 4.98 Å². The normalized spacial score (nSPS) is 24.1. The van der Waals surface area contributed by atoms with Gasteiger partial charge in [-0.15, -0.1) is 0 Å². The molecule has 2 aromatic carbocycles. The highest BCUT2D eigenvalue weighted by molar-refractivity contribution is 7.17. The summed E-state index contributed by atoms with van der Waals surface area (Å²) in [5, 5.41) is 5.69. The van der Waals surface area contributed by atoms with Gasteiger partial charge in [0.2, 0.25) is 5.78 Å². The first-order valence-corrected chi connectivity index (χ1v) is 12.3. The van der Waals surface area contributed by atoms with Gasteiger partial charge in [0.15, 0.2) is 11.4 Å². The molecule has 9 heteroatoms. The first-order chi connectivity index (χ1) is 16.7. The fourth-order valence-electron chi connectivity index (χ4n) is 4.21.